The van der Waals surface area contributed by atoms with E-state index in [0.29, 0.717) is 39.4 Å². The number of nitrogens with two attached hydrogens (primary N) is 1. The first-order valence-electron chi connectivity index (χ1n) is 5.73. The van der Waals surface area contributed by atoms with Gasteiger partial charge >= 0.3 is 5.97 Å². The molecule has 0 saturated carbocycles. The van der Waals surface area contributed by atoms with Gasteiger partial charge in [-0.2, -0.15) is 0 Å². The molecule has 2 N–H and O–H groups in total. The third-order valence-corrected chi connectivity index (χ3v) is 1.96. The highest BCUT2D eigenvalue weighted by atomic mass is 16.5. The zero-order chi connectivity index (χ0) is 12.1. The number of hydrogen-bond donors (Lipinski definition) is 1. The molecule has 0 fully saturated rings. The molecule has 0 saturated heterocycles. The molecule has 0 aromatic carbocycles. The molecule has 5 heteroatoms. The summed E-state index contributed by atoms with van der Waals surface area (Å²) in [6.45, 7) is 2.83. The number of methoxy groups -OCH3 is 1. The Kier molecular flexibility index (Phi) is 11.9. The number of hydrogen-bond acceptors (Lipinski definition) is 5. The molecule has 0 aromatic rings. The van der Waals surface area contributed by atoms with Crippen molar-refractivity contribution in [1.29, 1.82) is 0 Å². The van der Waals surface area contributed by atoms with E-state index in [0.717, 1.165) is 19.3 Å². The van der Waals surface area contributed by atoms with Crippen LogP contribution in [0, 0.1) is 0 Å². The fraction of sp³-hybridized carbons (Fsp3) is 0.909. The number of esters is 1. The molecule has 0 aromatic heterocycles. The van der Waals surface area contributed by atoms with Crippen LogP contribution < -0.4 is 5.73 Å². The van der Waals surface area contributed by atoms with E-state index in [1.54, 1.807) is 7.11 Å². The smallest absolute Gasteiger partial charge is 0.305 e. The van der Waals surface area contributed by atoms with Crippen LogP contribution in [-0.4, -0.2) is 46.1 Å². The fourth-order valence-corrected chi connectivity index (χ4v) is 1.08. The van der Waals surface area contributed by atoms with Gasteiger partial charge in [-0.3, -0.25) is 4.79 Å². The summed E-state index contributed by atoms with van der Waals surface area (Å²) in [5.74, 6) is -0.148. The van der Waals surface area contributed by atoms with Crippen molar-refractivity contribution in [2.75, 3.05) is 40.1 Å². The highest BCUT2D eigenvalue weighted by Crippen LogP contribution is 1.97. The minimum Gasteiger partial charge on any atom is -0.466 e. The van der Waals surface area contributed by atoms with Crippen molar-refractivity contribution in [3.63, 3.8) is 0 Å². The molecular weight excluding hydrogens is 210 g/mol. The molecule has 0 rings (SSSR count). The highest BCUT2D eigenvalue weighted by Gasteiger charge is 2.01. The van der Waals surface area contributed by atoms with Crippen molar-refractivity contribution in [3.05, 3.63) is 0 Å². The molecule has 0 atom stereocenters. The Bertz CT molecular complexity index is 164. The number of carbonyl (C=O) groups is 1. The Labute approximate surface area is 97.2 Å². The van der Waals surface area contributed by atoms with Gasteiger partial charge in [0.2, 0.25) is 0 Å². The van der Waals surface area contributed by atoms with Crippen molar-refractivity contribution in [3.8, 4) is 0 Å². The van der Waals surface area contributed by atoms with E-state index < -0.39 is 0 Å². The predicted octanol–water partition coefficient (Wildman–Crippen LogP) is 0.712. The minimum atomic E-state index is -0.148. The Morgan fingerprint density at radius 2 is 1.88 bits per heavy atom. The summed E-state index contributed by atoms with van der Waals surface area (Å²) in [6.07, 6.45) is 2.86. The van der Waals surface area contributed by atoms with E-state index in [2.05, 4.69) is 0 Å². The Morgan fingerprint density at radius 3 is 2.56 bits per heavy atom. The van der Waals surface area contributed by atoms with Crippen molar-refractivity contribution >= 4 is 5.97 Å². The van der Waals surface area contributed by atoms with Crippen LogP contribution in [-0.2, 0) is 19.0 Å². The topological polar surface area (TPSA) is 70.8 Å². The molecule has 0 unspecified atom stereocenters. The van der Waals surface area contributed by atoms with E-state index >= 15 is 0 Å². The SMILES string of the molecule is COCCOCCCOC(=O)CCCCN. The first-order valence-corrected chi connectivity index (χ1v) is 5.73. The third kappa shape index (κ3) is 11.4. The van der Waals surface area contributed by atoms with Crippen LogP contribution in [0.2, 0.25) is 0 Å². The van der Waals surface area contributed by atoms with E-state index in [1.165, 1.54) is 0 Å². The quantitative estimate of drug-likeness (QED) is 0.420. The summed E-state index contributed by atoms with van der Waals surface area (Å²) in [5.41, 5.74) is 5.32. The maximum absolute atomic E-state index is 11.1. The summed E-state index contributed by atoms with van der Waals surface area (Å²) in [7, 11) is 1.63. The zero-order valence-corrected chi connectivity index (χ0v) is 10.1. The summed E-state index contributed by atoms with van der Waals surface area (Å²) >= 11 is 0. The average molecular weight is 233 g/mol. The van der Waals surface area contributed by atoms with Gasteiger partial charge < -0.3 is 19.9 Å². The average Bonchev–Trinajstić information content (AvgIpc) is 2.28. The normalized spacial score (nSPS) is 10.4. The highest BCUT2D eigenvalue weighted by molar-refractivity contribution is 5.69. The molecule has 0 aliphatic rings. The lowest BCUT2D eigenvalue weighted by Crippen LogP contribution is -2.10. The Balaban J connectivity index is 3.09. The van der Waals surface area contributed by atoms with Gasteiger partial charge in [0.1, 0.15) is 0 Å². The van der Waals surface area contributed by atoms with Gasteiger partial charge in [-0.25, -0.2) is 0 Å². The van der Waals surface area contributed by atoms with Gasteiger partial charge in [-0.05, 0) is 19.4 Å². The van der Waals surface area contributed by atoms with Crippen LogP contribution in [0.15, 0.2) is 0 Å². The maximum atomic E-state index is 11.1. The van der Waals surface area contributed by atoms with E-state index in [1.807, 2.05) is 0 Å². The fourth-order valence-electron chi connectivity index (χ4n) is 1.08. The van der Waals surface area contributed by atoms with Gasteiger partial charge in [0.05, 0.1) is 19.8 Å². The largest absolute Gasteiger partial charge is 0.466 e. The van der Waals surface area contributed by atoms with E-state index in [4.69, 9.17) is 19.9 Å². The Morgan fingerprint density at radius 1 is 1.06 bits per heavy atom. The van der Waals surface area contributed by atoms with Crippen LogP contribution in [0.25, 0.3) is 0 Å². The first-order chi connectivity index (χ1) is 7.81. The van der Waals surface area contributed by atoms with Crippen LogP contribution in [0.1, 0.15) is 25.7 Å². The predicted molar refractivity (Wildman–Crippen MR) is 61.2 cm³/mol. The van der Waals surface area contributed by atoms with Crippen LogP contribution in [0.3, 0.4) is 0 Å². The van der Waals surface area contributed by atoms with Crippen molar-refractivity contribution in [2.24, 2.45) is 5.73 Å². The molecule has 0 amide bonds. The van der Waals surface area contributed by atoms with E-state index in [-0.39, 0.29) is 5.97 Å². The molecule has 0 spiro atoms. The van der Waals surface area contributed by atoms with Crippen LogP contribution in [0.4, 0.5) is 0 Å². The van der Waals surface area contributed by atoms with Gasteiger partial charge in [0.25, 0.3) is 0 Å². The molecule has 0 heterocycles. The number of unbranched alkanes of at least 4 members (excludes halogenated alkanes) is 1. The first kappa shape index (κ1) is 15.3. The number of rotatable bonds is 11. The van der Waals surface area contributed by atoms with Gasteiger partial charge in [-0.15, -0.1) is 0 Å². The van der Waals surface area contributed by atoms with Crippen LogP contribution in [0.5, 0.6) is 0 Å². The third-order valence-electron chi connectivity index (χ3n) is 1.96. The van der Waals surface area contributed by atoms with Gasteiger partial charge in [0, 0.05) is 26.6 Å². The molecule has 5 nitrogen and oxygen atoms in total. The maximum Gasteiger partial charge on any atom is 0.305 e. The van der Waals surface area contributed by atoms with Gasteiger partial charge in [-0.1, -0.05) is 0 Å². The second-order valence-electron chi connectivity index (χ2n) is 3.42. The van der Waals surface area contributed by atoms with E-state index in [9.17, 15) is 4.79 Å². The monoisotopic (exact) mass is 233 g/mol. The lowest BCUT2D eigenvalue weighted by atomic mass is 10.2. The van der Waals surface area contributed by atoms with Crippen molar-refractivity contribution in [1.82, 2.24) is 0 Å². The number of carbonyl (C=O) groups excluding carboxylic acids is 1. The second-order valence-corrected chi connectivity index (χ2v) is 3.42. The minimum absolute atomic E-state index is 0.148. The van der Waals surface area contributed by atoms with Crippen LogP contribution >= 0.6 is 0 Å². The summed E-state index contributed by atoms with van der Waals surface area (Å²) < 4.78 is 15.0. The molecule has 0 aliphatic carbocycles. The molecule has 16 heavy (non-hydrogen) atoms. The summed E-state index contributed by atoms with van der Waals surface area (Å²) in [4.78, 5) is 11.1. The summed E-state index contributed by atoms with van der Waals surface area (Å²) in [6, 6.07) is 0. The lowest BCUT2D eigenvalue weighted by molar-refractivity contribution is -0.144. The molecule has 0 aliphatic heterocycles. The lowest BCUT2D eigenvalue weighted by Gasteiger charge is -2.05. The summed E-state index contributed by atoms with van der Waals surface area (Å²) in [5, 5.41) is 0. The molecule has 0 bridgehead atoms. The number of ether oxygens (including phenoxy) is 3. The second kappa shape index (κ2) is 12.4. The zero-order valence-electron chi connectivity index (χ0n) is 10.1. The molecular formula is C11H23NO4. The van der Waals surface area contributed by atoms with Crippen molar-refractivity contribution in [2.45, 2.75) is 25.7 Å². The Hall–Kier alpha value is -0.650. The molecule has 0 radical (unpaired) electrons. The molecule has 96 valence electrons. The van der Waals surface area contributed by atoms with Crippen molar-refractivity contribution < 1.29 is 19.0 Å². The van der Waals surface area contributed by atoms with Gasteiger partial charge in [0.15, 0.2) is 0 Å². The standard InChI is InChI=1S/C11H23NO4/c1-14-9-10-15-7-4-8-16-11(13)5-2-3-6-12/h2-10,12H2,1H3.